The molecule has 0 saturated carbocycles. The molecule has 0 bridgehead atoms. The van der Waals surface area contributed by atoms with Crippen molar-refractivity contribution >= 4 is 11.8 Å². The average molecular weight is 342 g/mol. The molecule has 0 unspecified atom stereocenters. The first-order valence-electron chi connectivity index (χ1n) is 8.41. The molecule has 0 atom stereocenters. The smallest absolute Gasteiger partial charge is 0.287 e. The molecule has 0 radical (unpaired) electrons. The summed E-state index contributed by atoms with van der Waals surface area (Å²) in [5, 5.41) is 2.96. The van der Waals surface area contributed by atoms with Gasteiger partial charge in [0.05, 0.1) is 19.8 Å². The lowest BCUT2D eigenvalue weighted by Gasteiger charge is -2.32. The Balaban J connectivity index is 1.50. The van der Waals surface area contributed by atoms with E-state index in [1.54, 1.807) is 19.2 Å². The minimum absolute atomic E-state index is 0.0629. The van der Waals surface area contributed by atoms with Crippen molar-refractivity contribution in [3.8, 4) is 5.75 Å². The van der Waals surface area contributed by atoms with Gasteiger partial charge in [0.2, 0.25) is 5.91 Å². The van der Waals surface area contributed by atoms with Gasteiger partial charge in [-0.15, -0.1) is 0 Å². The molecule has 1 aliphatic heterocycles. The third-order valence-corrected chi connectivity index (χ3v) is 4.46. The highest BCUT2D eigenvalue weighted by atomic mass is 16.5. The number of amides is 2. The number of benzene rings is 1. The second kappa shape index (κ2) is 7.88. The maximum absolute atomic E-state index is 12.5. The highest BCUT2D eigenvalue weighted by molar-refractivity contribution is 5.91. The van der Waals surface area contributed by atoms with E-state index in [0.717, 1.165) is 24.2 Å². The first kappa shape index (κ1) is 17.1. The first-order valence-corrected chi connectivity index (χ1v) is 8.41. The third kappa shape index (κ3) is 4.21. The number of carbonyl (C=O) groups is 2. The Bertz CT molecular complexity index is 719. The van der Waals surface area contributed by atoms with Gasteiger partial charge in [0, 0.05) is 24.7 Å². The number of carbonyl (C=O) groups excluding carboxylic acids is 2. The largest absolute Gasteiger partial charge is 0.496 e. The molecule has 1 saturated heterocycles. The summed E-state index contributed by atoms with van der Waals surface area (Å²) in [5.41, 5.74) is 0.892. The molecule has 1 fully saturated rings. The van der Waals surface area contributed by atoms with Crippen molar-refractivity contribution in [2.75, 3.05) is 20.2 Å². The van der Waals surface area contributed by atoms with Gasteiger partial charge in [-0.25, -0.2) is 0 Å². The van der Waals surface area contributed by atoms with E-state index in [4.69, 9.17) is 9.15 Å². The zero-order valence-corrected chi connectivity index (χ0v) is 14.2. The quantitative estimate of drug-likeness (QED) is 0.905. The standard InChI is InChI=1S/C19H22N2O4/c1-24-16-6-3-2-5-14(16)13-18(22)21-10-8-15(9-11-21)20-19(23)17-7-4-12-25-17/h2-7,12,15H,8-11,13H2,1H3,(H,20,23). The molecule has 132 valence electrons. The Morgan fingerprint density at radius 2 is 1.96 bits per heavy atom. The van der Waals surface area contributed by atoms with E-state index in [-0.39, 0.29) is 17.9 Å². The topological polar surface area (TPSA) is 71.8 Å². The van der Waals surface area contributed by atoms with E-state index in [1.165, 1.54) is 6.26 Å². The van der Waals surface area contributed by atoms with Crippen molar-refractivity contribution < 1.29 is 18.7 Å². The van der Waals surface area contributed by atoms with Gasteiger partial charge in [0.25, 0.3) is 5.91 Å². The van der Waals surface area contributed by atoms with Crippen molar-refractivity contribution in [3.63, 3.8) is 0 Å². The molecule has 1 aromatic heterocycles. The van der Waals surface area contributed by atoms with E-state index in [1.807, 2.05) is 29.2 Å². The van der Waals surface area contributed by atoms with Crippen LogP contribution in [0.25, 0.3) is 0 Å². The molecule has 0 spiro atoms. The molecule has 1 N–H and O–H groups in total. The van der Waals surface area contributed by atoms with Gasteiger partial charge in [0.15, 0.2) is 5.76 Å². The van der Waals surface area contributed by atoms with Crippen LogP contribution >= 0.6 is 0 Å². The highest BCUT2D eigenvalue weighted by Gasteiger charge is 2.25. The number of hydrogen-bond donors (Lipinski definition) is 1. The summed E-state index contributed by atoms with van der Waals surface area (Å²) in [4.78, 5) is 26.4. The van der Waals surface area contributed by atoms with Crippen LogP contribution in [0.2, 0.25) is 0 Å². The van der Waals surface area contributed by atoms with Crippen molar-refractivity contribution in [2.24, 2.45) is 0 Å². The molecule has 0 aliphatic carbocycles. The number of rotatable bonds is 5. The van der Waals surface area contributed by atoms with Gasteiger partial charge >= 0.3 is 0 Å². The molecule has 1 aliphatic rings. The van der Waals surface area contributed by atoms with Gasteiger partial charge in [0.1, 0.15) is 5.75 Å². The summed E-state index contributed by atoms with van der Waals surface area (Å²) in [6.45, 7) is 1.27. The number of ether oxygens (including phenoxy) is 1. The van der Waals surface area contributed by atoms with E-state index in [2.05, 4.69) is 5.32 Å². The monoisotopic (exact) mass is 342 g/mol. The van der Waals surface area contributed by atoms with Crippen molar-refractivity contribution in [1.29, 1.82) is 0 Å². The highest BCUT2D eigenvalue weighted by Crippen LogP contribution is 2.20. The number of para-hydroxylation sites is 1. The van der Waals surface area contributed by atoms with Crippen molar-refractivity contribution in [3.05, 3.63) is 54.0 Å². The Morgan fingerprint density at radius 1 is 1.20 bits per heavy atom. The molecule has 2 amide bonds. The predicted octanol–water partition coefficient (Wildman–Crippen LogP) is 2.25. The number of nitrogens with one attached hydrogen (secondary N) is 1. The lowest BCUT2D eigenvalue weighted by molar-refractivity contribution is -0.131. The minimum Gasteiger partial charge on any atom is -0.496 e. The molecule has 3 rings (SSSR count). The second-order valence-corrected chi connectivity index (χ2v) is 6.09. The van der Waals surface area contributed by atoms with Crippen LogP contribution in [-0.2, 0) is 11.2 Å². The SMILES string of the molecule is COc1ccccc1CC(=O)N1CCC(NC(=O)c2ccco2)CC1. The van der Waals surface area contributed by atoms with Crippen LogP contribution in [0.1, 0.15) is 29.0 Å². The Morgan fingerprint density at radius 3 is 2.64 bits per heavy atom. The molecule has 6 heteroatoms. The normalized spacial score (nSPS) is 15.0. The van der Waals surface area contributed by atoms with Crippen LogP contribution in [0, 0.1) is 0 Å². The van der Waals surface area contributed by atoms with Crippen LogP contribution in [0.4, 0.5) is 0 Å². The van der Waals surface area contributed by atoms with Gasteiger partial charge < -0.3 is 19.4 Å². The lowest BCUT2D eigenvalue weighted by Crippen LogP contribution is -2.46. The molecular weight excluding hydrogens is 320 g/mol. The number of nitrogens with zero attached hydrogens (tertiary/aromatic N) is 1. The average Bonchev–Trinajstić information content (AvgIpc) is 3.17. The van der Waals surface area contributed by atoms with E-state index < -0.39 is 0 Å². The predicted molar refractivity (Wildman–Crippen MR) is 92.5 cm³/mol. The van der Waals surface area contributed by atoms with Gasteiger partial charge in [-0.05, 0) is 31.0 Å². The van der Waals surface area contributed by atoms with Crippen LogP contribution < -0.4 is 10.1 Å². The molecule has 25 heavy (non-hydrogen) atoms. The summed E-state index contributed by atoms with van der Waals surface area (Å²) in [6.07, 6.45) is 3.29. The lowest BCUT2D eigenvalue weighted by atomic mass is 10.0. The Hall–Kier alpha value is -2.76. The van der Waals surface area contributed by atoms with Crippen LogP contribution in [-0.4, -0.2) is 43.0 Å². The zero-order valence-electron chi connectivity index (χ0n) is 14.2. The van der Waals surface area contributed by atoms with Gasteiger partial charge in [-0.2, -0.15) is 0 Å². The van der Waals surface area contributed by atoms with Crippen molar-refractivity contribution in [1.82, 2.24) is 10.2 Å². The van der Waals surface area contributed by atoms with Crippen LogP contribution in [0.15, 0.2) is 47.1 Å². The number of likely N-dealkylation sites (tertiary alicyclic amines) is 1. The van der Waals surface area contributed by atoms with E-state index in [9.17, 15) is 9.59 Å². The Kier molecular flexibility index (Phi) is 5.38. The summed E-state index contributed by atoms with van der Waals surface area (Å²) in [7, 11) is 1.61. The van der Waals surface area contributed by atoms with E-state index >= 15 is 0 Å². The molecule has 6 nitrogen and oxygen atoms in total. The Labute approximate surface area is 146 Å². The van der Waals surface area contributed by atoms with Gasteiger partial charge in [-0.3, -0.25) is 9.59 Å². The fourth-order valence-electron chi connectivity index (χ4n) is 3.06. The third-order valence-electron chi connectivity index (χ3n) is 4.46. The zero-order chi connectivity index (χ0) is 17.6. The fourth-order valence-corrected chi connectivity index (χ4v) is 3.06. The van der Waals surface area contributed by atoms with Crippen LogP contribution in [0.3, 0.4) is 0 Å². The van der Waals surface area contributed by atoms with Crippen LogP contribution in [0.5, 0.6) is 5.75 Å². The molecule has 1 aromatic carbocycles. The second-order valence-electron chi connectivity index (χ2n) is 6.09. The summed E-state index contributed by atoms with van der Waals surface area (Å²) in [5.74, 6) is 0.926. The summed E-state index contributed by atoms with van der Waals surface area (Å²) < 4.78 is 10.4. The number of piperidine rings is 1. The summed E-state index contributed by atoms with van der Waals surface area (Å²) >= 11 is 0. The molecule has 2 aromatic rings. The number of hydrogen-bond acceptors (Lipinski definition) is 4. The molecule has 2 heterocycles. The number of furan rings is 1. The number of methoxy groups -OCH3 is 1. The van der Waals surface area contributed by atoms with Gasteiger partial charge in [-0.1, -0.05) is 18.2 Å². The maximum Gasteiger partial charge on any atom is 0.287 e. The summed E-state index contributed by atoms with van der Waals surface area (Å²) in [6, 6.07) is 11.0. The van der Waals surface area contributed by atoms with E-state index in [0.29, 0.717) is 25.3 Å². The maximum atomic E-state index is 12.5. The van der Waals surface area contributed by atoms with Crippen molar-refractivity contribution in [2.45, 2.75) is 25.3 Å². The molecular formula is C19H22N2O4. The minimum atomic E-state index is -0.205. The fraction of sp³-hybridized carbons (Fsp3) is 0.368. The first-order chi connectivity index (χ1) is 12.2.